The van der Waals surface area contributed by atoms with Crippen LogP contribution in [0.5, 0.6) is 0 Å². The molecule has 1 saturated heterocycles. The lowest BCUT2D eigenvalue weighted by atomic mass is 10.1. The normalized spacial score (nSPS) is 20.4. The fraction of sp³-hybridized carbons (Fsp3) is 0.583. The number of nitrogens with zero attached hydrogens (tertiary/aromatic N) is 4. The van der Waals surface area contributed by atoms with Gasteiger partial charge in [-0.05, 0) is 7.05 Å². The largest absolute Gasteiger partial charge is 0.357 e. The fourth-order valence-electron chi connectivity index (χ4n) is 2.25. The van der Waals surface area contributed by atoms with Crippen molar-refractivity contribution in [3.8, 4) is 0 Å². The van der Waals surface area contributed by atoms with Crippen molar-refractivity contribution in [1.82, 2.24) is 24.7 Å². The molecule has 1 atom stereocenters. The minimum absolute atomic E-state index is 0.144. The third-order valence-electron chi connectivity index (χ3n) is 3.41. The van der Waals surface area contributed by atoms with E-state index in [2.05, 4.69) is 10.3 Å². The number of aryl methyl sites for hydroxylation is 1. The maximum absolute atomic E-state index is 12.5. The summed E-state index contributed by atoms with van der Waals surface area (Å²) in [5.74, 6) is 0.0155. The summed E-state index contributed by atoms with van der Waals surface area (Å²) < 4.78 is 1.67. The fourth-order valence-corrected chi connectivity index (χ4v) is 2.25. The summed E-state index contributed by atoms with van der Waals surface area (Å²) in [5.41, 5.74) is 0. The van der Waals surface area contributed by atoms with Crippen molar-refractivity contribution in [2.24, 2.45) is 7.05 Å². The summed E-state index contributed by atoms with van der Waals surface area (Å²) in [5, 5.41) is 2.61. The highest BCUT2D eigenvalue weighted by atomic mass is 16.2. The molecule has 0 bridgehead atoms. The SMILES string of the molecule is CNC(=O)C1CN(C)CCN1C(=O)c1nccn1C. The zero-order valence-corrected chi connectivity index (χ0v) is 11.5. The Hall–Kier alpha value is -1.89. The molecule has 104 valence electrons. The van der Waals surface area contributed by atoms with Crippen molar-refractivity contribution in [2.45, 2.75) is 6.04 Å². The number of rotatable bonds is 2. The van der Waals surface area contributed by atoms with Crippen molar-refractivity contribution >= 4 is 11.8 Å². The summed E-state index contributed by atoms with van der Waals surface area (Å²) in [7, 11) is 5.30. The van der Waals surface area contributed by atoms with Gasteiger partial charge in [0.05, 0.1) is 0 Å². The monoisotopic (exact) mass is 265 g/mol. The van der Waals surface area contributed by atoms with Gasteiger partial charge in [0, 0.05) is 46.1 Å². The molecule has 1 N–H and O–H groups in total. The molecule has 7 nitrogen and oxygen atoms in total. The van der Waals surface area contributed by atoms with E-state index < -0.39 is 6.04 Å². The summed E-state index contributed by atoms with van der Waals surface area (Å²) in [4.78, 5) is 32.1. The third-order valence-corrected chi connectivity index (χ3v) is 3.41. The van der Waals surface area contributed by atoms with Gasteiger partial charge in [0.15, 0.2) is 5.82 Å². The highest BCUT2D eigenvalue weighted by Gasteiger charge is 2.35. The highest BCUT2D eigenvalue weighted by Crippen LogP contribution is 2.12. The molecule has 0 aliphatic carbocycles. The molecule has 1 aliphatic rings. The van der Waals surface area contributed by atoms with E-state index in [1.54, 1.807) is 36.0 Å². The first-order valence-corrected chi connectivity index (χ1v) is 6.23. The van der Waals surface area contributed by atoms with Crippen LogP contribution in [0.15, 0.2) is 12.4 Å². The number of aromatic nitrogens is 2. The van der Waals surface area contributed by atoms with Crippen LogP contribution >= 0.6 is 0 Å². The van der Waals surface area contributed by atoms with Crippen LogP contribution in [-0.2, 0) is 11.8 Å². The Morgan fingerprint density at radius 3 is 2.68 bits per heavy atom. The van der Waals surface area contributed by atoms with Crippen LogP contribution in [0.25, 0.3) is 0 Å². The lowest BCUT2D eigenvalue weighted by Gasteiger charge is -2.38. The number of piperazine rings is 1. The quantitative estimate of drug-likeness (QED) is 0.738. The van der Waals surface area contributed by atoms with Crippen molar-refractivity contribution in [2.75, 3.05) is 33.7 Å². The van der Waals surface area contributed by atoms with E-state index in [-0.39, 0.29) is 11.8 Å². The average Bonchev–Trinajstić information content (AvgIpc) is 2.83. The number of hydrogen-bond donors (Lipinski definition) is 1. The van der Waals surface area contributed by atoms with E-state index in [1.807, 2.05) is 11.9 Å². The molecule has 0 spiro atoms. The molecule has 1 fully saturated rings. The molecule has 2 heterocycles. The summed E-state index contributed by atoms with van der Waals surface area (Å²) in [6.07, 6.45) is 3.30. The molecule has 1 aromatic rings. The van der Waals surface area contributed by atoms with Crippen LogP contribution in [0.1, 0.15) is 10.6 Å². The highest BCUT2D eigenvalue weighted by molar-refractivity contribution is 5.95. The second-order valence-electron chi connectivity index (χ2n) is 4.75. The number of imidazole rings is 1. The Kier molecular flexibility index (Phi) is 3.84. The minimum atomic E-state index is -0.465. The van der Waals surface area contributed by atoms with Gasteiger partial charge in [0.2, 0.25) is 5.91 Å². The van der Waals surface area contributed by atoms with Crippen LogP contribution in [-0.4, -0.2) is 70.9 Å². The van der Waals surface area contributed by atoms with Crippen molar-refractivity contribution in [3.63, 3.8) is 0 Å². The Morgan fingerprint density at radius 2 is 2.11 bits per heavy atom. The Morgan fingerprint density at radius 1 is 1.37 bits per heavy atom. The molecular weight excluding hydrogens is 246 g/mol. The zero-order chi connectivity index (χ0) is 14.0. The number of amides is 2. The Balaban J connectivity index is 2.23. The van der Waals surface area contributed by atoms with Crippen molar-refractivity contribution in [3.05, 3.63) is 18.2 Å². The number of carbonyl (C=O) groups excluding carboxylic acids is 2. The summed E-state index contributed by atoms with van der Waals surface area (Å²) in [6.45, 7) is 1.82. The van der Waals surface area contributed by atoms with Crippen LogP contribution < -0.4 is 5.32 Å². The van der Waals surface area contributed by atoms with Crippen LogP contribution in [0.4, 0.5) is 0 Å². The second-order valence-corrected chi connectivity index (χ2v) is 4.75. The number of nitrogens with one attached hydrogen (secondary N) is 1. The molecule has 1 unspecified atom stereocenters. The molecule has 19 heavy (non-hydrogen) atoms. The first-order chi connectivity index (χ1) is 9.04. The van der Waals surface area contributed by atoms with Crippen LogP contribution in [0.2, 0.25) is 0 Å². The Bertz CT molecular complexity index is 484. The molecule has 1 aliphatic heterocycles. The zero-order valence-electron chi connectivity index (χ0n) is 11.5. The minimum Gasteiger partial charge on any atom is -0.357 e. The number of hydrogen-bond acceptors (Lipinski definition) is 4. The lowest BCUT2D eigenvalue weighted by Crippen LogP contribution is -2.59. The first kappa shape index (κ1) is 13.5. The Labute approximate surface area is 112 Å². The van der Waals surface area contributed by atoms with Gasteiger partial charge in [-0.25, -0.2) is 4.98 Å². The van der Waals surface area contributed by atoms with Gasteiger partial charge in [0.1, 0.15) is 6.04 Å². The van der Waals surface area contributed by atoms with E-state index in [0.717, 1.165) is 6.54 Å². The van der Waals surface area contributed by atoms with Gasteiger partial charge >= 0.3 is 0 Å². The smallest absolute Gasteiger partial charge is 0.290 e. The molecule has 0 saturated carbocycles. The predicted molar refractivity (Wildman–Crippen MR) is 69.6 cm³/mol. The van der Waals surface area contributed by atoms with E-state index >= 15 is 0 Å². The maximum atomic E-state index is 12.5. The van der Waals surface area contributed by atoms with E-state index in [0.29, 0.717) is 18.9 Å². The standard InChI is InChI=1S/C12H19N5O2/c1-13-11(18)9-8-15(2)6-7-17(9)12(19)10-14-4-5-16(10)3/h4-5,9H,6-8H2,1-3H3,(H,13,18). The molecule has 2 rings (SSSR count). The van der Waals surface area contributed by atoms with E-state index in [4.69, 9.17) is 0 Å². The van der Waals surface area contributed by atoms with Gasteiger partial charge < -0.3 is 19.7 Å². The molecular formula is C12H19N5O2. The van der Waals surface area contributed by atoms with Gasteiger partial charge in [-0.2, -0.15) is 0 Å². The van der Waals surface area contributed by atoms with Crippen molar-refractivity contribution in [1.29, 1.82) is 0 Å². The second kappa shape index (κ2) is 5.40. The number of carbonyl (C=O) groups is 2. The number of likely N-dealkylation sites (N-methyl/N-ethyl adjacent to an activating group) is 2. The topological polar surface area (TPSA) is 70.5 Å². The van der Waals surface area contributed by atoms with Gasteiger partial charge in [0.25, 0.3) is 5.91 Å². The van der Waals surface area contributed by atoms with Gasteiger partial charge in [-0.1, -0.05) is 0 Å². The molecule has 0 radical (unpaired) electrons. The predicted octanol–water partition coefficient (Wildman–Crippen LogP) is -1.08. The molecule has 0 aromatic carbocycles. The summed E-state index contributed by atoms with van der Waals surface area (Å²) in [6, 6.07) is -0.465. The van der Waals surface area contributed by atoms with E-state index in [1.165, 1.54) is 0 Å². The third kappa shape index (κ3) is 2.60. The van der Waals surface area contributed by atoms with Crippen molar-refractivity contribution < 1.29 is 9.59 Å². The molecule has 7 heteroatoms. The summed E-state index contributed by atoms with van der Waals surface area (Å²) >= 11 is 0. The van der Waals surface area contributed by atoms with Gasteiger partial charge in [-0.15, -0.1) is 0 Å². The maximum Gasteiger partial charge on any atom is 0.290 e. The molecule has 2 amide bonds. The average molecular weight is 265 g/mol. The lowest BCUT2D eigenvalue weighted by molar-refractivity contribution is -0.127. The van der Waals surface area contributed by atoms with E-state index in [9.17, 15) is 9.59 Å². The van der Waals surface area contributed by atoms with Crippen LogP contribution in [0, 0.1) is 0 Å². The first-order valence-electron chi connectivity index (χ1n) is 6.23. The van der Waals surface area contributed by atoms with Crippen LogP contribution in [0.3, 0.4) is 0 Å². The molecule has 1 aromatic heterocycles. The van der Waals surface area contributed by atoms with Gasteiger partial charge in [-0.3, -0.25) is 9.59 Å².